The van der Waals surface area contributed by atoms with Crippen molar-refractivity contribution in [1.29, 1.82) is 5.41 Å². The van der Waals surface area contributed by atoms with Crippen LogP contribution in [0.25, 0.3) is 0 Å². The number of hydrogen-bond acceptors (Lipinski definition) is 5. The zero-order valence-electron chi connectivity index (χ0n) is 15.4. The van der Waals surface area contributed by atoms with Crippen LogP contribution in [0.1, 0.15) is 26.3 Å². The highest BCUT2D eigenvalue weighted by molar-refractivity contribution is 6.10. The predicted molar refractivity (Wildman–Crippen MR) is 104 cm³/mol. The molecule has 0 aliphatic carbocycles. The average molecular weight is 398 g/mol. The molecule has 2 amide bonds. The van der Waals surface area contributed by atoms with E-state index in [1.54, 1.807) is 24.3 Å². The van der Waals surface area contributed by atoms with Gasteiger partial charge in [0.05, 0.1) is 18.4 Å². The lowest BCUT2D eigenvalue weighted by molar-refractivity contribution is 0.0648. The Morgan fingerprint density at radius 3 is 2.17 bits per heavy atom. The number of carbonyl (C=O) groups excluding carboxylic acids is 1. The van der Waals surface area contributed by atoms with Crippen LogP contribution in [0, 0.1) is 5.41 Å². The summed E-state index contributed by atoms with van der Waals surface area (Å²) in [5.74, 6) is -3.16. The molecule has 5 N–H and O–H groups in total. The Morgan fingerprint density at radius 1 is 1.03 bits per heavy atom. The summed E-state index contributed by atoms with van der Waals surface area (Å²) in [5, 5.41) is 26.2. The van der Waals surface area contributed by atoms with Gasteiger partial charge in [0.15, 0.2) is 5.75 Å². The third-order valence-electron chi connectivity index (χ3n) is 4.58. The van der Waals surface area contributed by atoms with Gasteiger partial charge in [-0.05, 0) is 36.4 Å². The number of methoxy groups -OCH3 is 1. The summed E-state index contributed by atoms with van der Waals surface area (Å²) in [5.41, 5.74) is 5.77. The van der Waals surface area contributed by atoms with E-state index in [2.05, 4.69) is 0 Å². The highest BCUT2D eigenvalue weighted by Gasteiger charge is 2.35. The molecule has 0 bridgehead atoms. The van der Waals surface area contributed by atoms with Crippen LogP contribution in [-0.4, -0.2) is 54.2 Å². The van der Waals surface area contributed by atoms with E-state index >= 15 is 0 Å². The minimum Gasteiger partial charge on any atom is -0.494 e. The van der Waals surface area contributed by atoms with Crippen molar-refractivity contribution in [2.75, 3.05) is 30.0 Å². The molecule has 3 rings (SSSR count). The number of nitrogens with two attached hydrogens (primary N) is 1. The summed E-state index contributed by atoms with van der Waals surface area (Å²) in [7, 11) is 1.22. The lowest BCUT2D eigenvalue weighted by atomic mass is 10.0. The van der Waals surface area contributed by atoms with E-state index in [0.717, 1.165) is 6.07 Å². The average Bonchev–Trinajstić information content (AvgIpc) is 3.07. The number of amidine groups is 1. The number of anilines is 2. The molecule has 29 heavy (non-hydrogen) atoms. The van der Waals surface area contributed by atoms with Gasteiger partial charge in [0.2, 0.25) is 0 Å². The van der Waals surface area contributed by atoms with Gasteiger partial charge in [-0.3, -0.25) is 15.2 Å². The molecule has 1 fully saturated rings. The fourth-order valence-electron chi connectivity index (χ4n) is 3.20. The maximum Gasteiger partial charge on any atom is 0.340 e. The van der Waals surface area contributed by atoms with Gasteiger partial charge in [0.25, 0.3) is 0 Å². The van der Waals surface area contributed by atoms with Crippen molar-refractivity contribution in [3.8, 4) is 5.75 Å². The van der Waals surface area contributed by atoms with Crippen molar-refractivity contribution >= 4 is 35.2 Å². The van der Waals surface area contributed by atoms with Crippen LogP contribution < -0.4 is 20.3 Å². The van der Waals surface area contributed by atoms with Crippen molar-refractivity contribution in [3.05, 3.63) is 53.1 Å². The maximum atomic E-state index is 13.0. The number of carboxylic acids is 2. The number of hydrogen-bond donors (Lipinski definition) is 4. The zero-order chi connectivity index (χ0) is 21.3. The van der Waals surface area contributed by atoms with Crippen LogP contribution in [0.2, 0.25) is 0 Å². The predicted octanol–water partition coefficient (Wildman–Crippen LogP) is 1.82. The van der Waals surface area contributed by atoms with Gasteiger partial charge in [0, 0.05) is 24.3 Å². The van der Waals surface area contributed by atoms with Crippen LogP contribution in [0.5, 0.6) is 5.75 Å². The van der Waals surface area contributed by atoms with Gasteiger partial charge in [-0.1, -0.05) is 0 Å². The SMILES string of the molecule is COc1c(N2CCN(c3ccc(C(=N)N)cc3)C2=O)ccc(C(=O)O)c1C(=O)O. The Morgan fingerprint density at radius 2 is 1.66 bits per heavy atom. The van der Waals surface area contributed by atoms with Gasteiger partial charge in [-0.2, -0.15) is 0 Å². The number of benzene rings is 2. The summed E-state index contributed by atoms with van der Waals surface area (Å²) in [6, 6.07) is 8.64. The second-order valence-electron chi connectivity index (χ2n) is 6.20. The minimum atomic E-state index is -1.47. The van der Waals surface area contributed by atoms with E-state index in [1.165, 1.54) is 23.0 Å². The van der Waals surface area contributed by atoms with Crippen molar-refractivity contribution in [2.45, 2.75) is 0 Å². The minimum absolute atomic E-state index is 0.0876. The molecule has 2 aromatic carbocycles. The van der Waals surface area contributed by atoms with Crippen molar-refractivity contribution in [2.24, 2.45) is 5.73 Å². The number of nitrogens with zero attached hydrogens (tertiary/aromatic N) is 2. The fourth-order valence-corrected chi connectivity index (χ4v) is 3.20. The highest BCUT2D eigenvalue weighted by Crippen LogP contribution is 2.37. The first kappa shape index (κ1) is 19.7. The third-order valence-corrected chi connectivity index (χ3v) is 4.58. The number of carboxylic acid groups (broad SMARTS) is 2. The molecule has 1 aliphatic heterocycles. The smallest absolute Gasteiger partial charge is 0.340 e. The Kier molecular flexibility index (Phi) is 5.09. The first-order valence-corrected chi connectivity index (χ1v) is 8.47. The Hall–Kier alpha value is -4.08. The molecule has 0 spiro atoms. The second-order valence-corrected chi connectivity index (χ2v) is 6.20. The van der Waals surface area contributed by atoms with Crippen molar-refractivity contribution in [3.63, 3.8) is 0 Å². The number of aromatic carboxylic acids is 2. The molecule has 0 radical (unpaired) electrons. The Balaban J connectivity index is 1.99. The molecule has 0 aromatic heterocycles. The molecule has 1 saturated heterocycles. The Labute approximate surface area is 165 Å². The molecule has 10 heteroatoms. The monoisotopic (exact) mass is 398 g/mol. The summed E-state index contributed by atoms with van der Waals surface area (Å²) in [4.78, 5) is 38.8. The standard InChI is InChI=1S/C19H18N4O6/c1-29-15-13(7-6-12(17(24)25)14(15)18(26)27)23-9-8-22(19(23)28)11-4-2-10(3-5-11)16(20)21/h2-7H,8-9H2,1H3,(H3,20,21)(H,24,25)(H,26,27). The van der Waals surface area contributed by atoms with Gasteiger partial charge in [-0.15, -0.1) is 0 Å². The second kappa shape index (κ2) is 7.50. The van der Waals surface area contributed by atoms with Crippen molar-refractivity contribution in [1.82, 2.24) is 0 Å². The molecule has 0 saturated carbocycles. The van der Waals surface area contributed by atoms with Gasteiger partial charge in [-0.25, -0.2) is 14.4 Å². The van der Waals surface area contributed by atoms with Crippen LogP contribution in [-0.2, 0) is 0 Å². The molecule has 2 aromatic rings. The number of urea groups is 1. The summed E-state index contributed by atoms with van der Waals surface area (Å²) in [6.07, 6.45) is 0. The van der Waals surface area contributed by atoms with E-state index < -0.39 is 29.1 Å². The van der Waals surface area contributed by atoms with Gasteiger partial charge >= 0.3 is 18.0 Å². The Bertz CT molecular complexity index is 1020. The van der Waals surface area contributed by atoms with E-state index in [9.17, 15) is 24.6 Å². The van der Waals surface area contributed by atoms with Crippen LogP contribution in [0.15, 0.2) is 36.4 Å². The molecule has 0 unspecified atom stereocenters. The number of nitrogens with one attached hydrogen (secondary N) is 1. The number of nitrogen functional groups attached to an aromatic ring is 1. The molecular formula is C19H18N4O6. The summed E-state index contributed by atoms with van der Waals surface area (Å²) >= 11 is 0. The van der Waals surface area contributed by atoms with Crippen LogP contribution >= 0.6 is 0 Å². The molecule has 1 heterocycles. The third kappa shape index (κ3) is 3.43. The molecule has 150 valence electrons. The summed E-state index contributed by atoms with van der Waals surface area (Å²) in [6.45, 7) is 0.569. The lowest BCUT2D eigenvalue weighted by Crippen LogP contribution is -2.32. The van der Waals surface area contributed by atoms with Gasteiger partial charge < -0.3 is 20.7 Å². The first-order chi connectivity index (χ1) is 13.8. The molecule has 0 atom stereocenters. The maximum absolute atomic E-state index is 13.0. The van der Waals surface area contributed by atoms with Crippen LogP contribution in [0.3, 0.4) is 0 Å². The van der Waals surface area contributed by atoms with E-state index in [1.807, 2.05) is 0 Å². The number of amides is 2. The van der Waals surface area contributed by atoms with Crippen LogP contribution in [0.4, 0.5) is 16.2 Å². The largest absolute Gasteiger partial charge is 0.494 e. The fraction of sp³-hybridized carbons (Fsp3) is 0.158. The highest BCUT2D eigenvalue weighted by atomic mass is 16.5. The number of carbonyl (C=O) groups is 3. The number of rotatable bonds is 6. The zero-order valence-corrected chi connectivity index (χ0v) is 15.4. The normalized spacial score (nSPS) is 13.5. The van der Waals surface area contributed by atoms with Crippen molar-refractivity contribution < 1.29 is 29.3 Å². The first-order valence-electron chi connectivity index (χ1n) is 8.47. The summed E-state index contributed by atoms with van der Waals surface area (Å²) < 4.78 is 5.18. The molecule has 10 nitrogen and oxygen atoms in total. The molecule has 1 aliphatic rings. The molecular weight excluding hydrogens is 380 g/mol. The topological polar surface area (TPSA) is 157 Å². The quantitative estimate of drug-likeness (QED) is 0.427. The van der Waals surface area contributed by atoms with E-state index in [0.29, 0.717) is 17.8 Å². The van der Waals surface area contributed by atoms with E-state index in [-0.39, 0.29) is 23.8 Å². The van der Waals surface area contributed by atoms with Gasteiger partial charge in [0.1, 0.15) is 11.4 Å². The number of ether oxygens (including phenoxy) is 1. The van der Waals surface area contributed by atoms with E-state index in [4.69, 9.17) is 15.9 Å². The lowest BCUT2D eigenvalue weighted by Gasteiger charge is -2.22.